The fourth-order valence-electron chi connectivity index (χ4n) is 3.67. The van der Waals surface area contributed by atoms with E-state index in [0.29, 0.717) is 67.1 Å². The molecule has 0 aliphatic carbocycles. The highest BCUT2D eigenvalue weighted by molar-refractivity contribution is 9.10. The van der Waals surface area contributed by atoms with Crippen molar-refractivity contribution in [2.45, 2.75) is 27.2 Å². The molecule has 0 atom stereocenters. The molecule has 0 spiro atoms. The lowest BCUT2D eigenvalue weighted by molar-refractivity contribution is -0.132. The number of carbonyl (C=O) groups excluding carboxylic acids is 2. The number of hydrogen-bond acceptors (Lipinski definition) is 4. The second-order valence-electron chi connectivity index (χ2n) is 8.16. The molecule has 0 aromatic heterocycles. The molecule has 0 bridgehead atoms. The van der Waals surface area contributed by atoms with Gasteiger partial charge in [-0.25, -0.2) is 0 Å². The van der Waals surface area contributed by atoms with Gasteiger partial charge >= 0.3 is 0 Å². The molecule has 1 saturated heterocycles. The van der Waals surface area contributed by atoms with Crippen LogP contribution in [0.25, 0.3) is 0 Å². The topological polar surface area (TPSA) is 61.9 Å². The summed E-state index contributed by atoms with van der Waals surface area (Å²) in [4.78, 5) is 29.4. The largest absolute Gasteiger partial charge is 0.493 e. The molecule has 32 heavy (non-hydrogen) atoms. The number of amides is 2. The van der Waals surface area contributed by atoms with Crippen molar-refractivity contribution in [3.8, 4) is 5.75 Å². The van der Waals surface area contributed by atoms with Crippen LogP contribution in [0.1, 0.15) is 37.6 Å². The van der Waals surface area contributed by atoms with Crippen molar-refractivity contribution in [2.75, 3.05) is 43.0 Å². The lowest BCUT2D eigenvalue weighted by Gasteiger charge is -2.37. The number of piperazine rings is 1. The van der Waals surface area contributed by atoms with E-state index in [1.165, 1.54) is 0 Å². The van der Waals surface area contributed by atoms with Gasteiger partial charge in [0.15, 0.2) is 0 Å². The van der Waals surface area contributed by atoms with Gasteiger partial charge in [-0.1, -0.05) is 25.4 Å². The first-order chi connectivity index (χ1) is 15.3. The molecule has 172 valence electrons. The van der Waals surface area contributed by atoms with Gasteiger partial charge in [-0.15, -0.1) is 0 Å². The van der Waals surface area contributed by atoms with Crippen LogP contribution in [-0.4, -0.2) is 49.5 Å². The fourth-order valence-corrected chi connectivity index (χ4v) is 4.33. The van der Waals surface area contributed by atoms with Crippen molar-refractivity contribution in [1.29, 1.82) is 0 Å². The van der Waals surface area contributed by atoms with Crippen molar-refractivity contribution in [3.05, 3.63) is 51.5 Å². The number of benzene rings is 2. The number of anilines is 2. The van der Waals surface area contributed by atoms with Crippen molar-refractivity contribution in [3.63, 3.8) is 0 Å². The van der Waals surface area contributed by atoms with Gasteiger partial charge in [-0.3, -0.25) is 9.59 Å². The van der Waals surface area contributed by atoms with Crippen LogP contribution in [0.3, 0.4) is 0 Å². The number of nitrogens with one attached hydrogen (secondary N) is 1. The summed E-state index contributed by atoms with van der Waals surface area (Å²) in [5.74, 6) is 1.01. The van der Waals surface area contributed by atoms with Gasteiger partial charge in [0.2, 0.25) is 5.91 Å². The number of hydrogen-bond donors (Lipinski definition) is 1. The van der Waals surface area contributed by atoms with Crippen LogP contribution >= 0.6 is 27.5 Å². The molecule has 0 unspecified atom stereocenters. The van der Waals surface area contributed by atoms with E-state index in [-0.39, 0.29) is 11.8 Å². The molecule has 2 aromatic carbocycles. The van der Waals surface area contributed by atoms with Gasteiger partial charge in [0.1, 0.15) is 5.75 Å². The first-order valence-electron chi connectivity index (χ1n) is 10.8. The second-order valence-corrected chi connectivity index (χ2v) is 9.45. The predicted octanol–water partition coefficient (Wildman–Crippen LogP) is 5.45. The molecule has 1 heterocycles. The van der Waals surface area contributed by atoms with Gasteiger partial charge in [-0.2, -0.15) is 0 Å². The molecule has 1 aliphatic heterocycles. The zero-order valence-corrected chi connectivity index (χ0v) is 21.0. The minimum Gasteiger partial charge on any atom is -0.493 e. The third kappa shape index (κ3) is 6.17. The van der Waals surface area contributed by atoms with E-state index >= 15 is 0 Å². The summed E-state index contributed by atoms with van der Waals surface area (Å²) in [6, 6.07) is 10.7. The zero-order valence-electron chi connectivity index (χ0n) is 18.7. The Labute approximate surface area is 203 Å². The Morgan fingerprint density at radius 1 is 1.12 bits per heavy atom. The number of halogens is 2. The standard InChI is InChI=1S/C24H29BrClN3O3/c1-4-32-22-8-5-17(14-19(22)25)24(31)27-20-15-18(26)6-7-21(20)28-9-11-29(12-10-28)23(30)13-16(2)3/h5-8,14-16H,4,9-13H2,1-3H3,(H,27,31). The monoisotopic (exact) mass is 521 g/mol. The molecule has 2 amide bonds. The average Bonchev–Trinajstić information content (AvgIpc) is 2.75. The average molecular weight is 523 g/mol. The molecule has 0 saturated carbocycles. The van der Waals surface area contributed by atoms with E-state index in [4.69, 9.17) is 16.3 Å². The summed E-state index contributed by atoms with van der Waals surface area (Å²) in [6.45, 7) is 9.28. The van der Waals surface area contributed by atoms with E-state index < -0.39 is 0 Å². The van der Waals surface area contributed by atoms with Crippen molar-refractivity contribution in [1.82, 2.24) is 4.90 Å². The van der Waals surface area contributed by atoms with E-state index in [0.717, 1.165) is 10.2 Å². The Bertz CT molecular complexity index is 975. The lowest BCUT2D eigenvalue weighted by Crippen LogP contribution is -2.49. The molecule has 6 nitrogen and oxygen atoms in total. The maximum Gasteiger partial charge on any atom is 0.255 e. The SMILES string of the molecule is CCOc1ccc(C(=O)Nc2cc(Cl)ccc2N2CCN(C(=O)CC(C)C)CC2)cc1Br. The van der Waals surface area contributed by atoms with E-state index in [1.54, 1.807) is 24.3 Å². The smallest absolute Gasteiger partial charge is 0.255 e. The van der Waals surface area contributed by atoms with E-state index in [2.05, 4.69) is 40.0 Å². The molecular weight excluding hydrogens is 494 g/mol. The van der Waals surface area contributed by atoms with Gasteiger partial charge in [-0.05, 0) is 65.2 Å². The Morgan fingerprint density at radius 3 is 2.47 bits per heavy atom. The van der Waals surface area contributed by atoms with Crippen LogP contribution in [0.4, 0.5) is 11.4 Å². The van der Waals surface area contributed by atoms with Crippen LogP contribution in [0.15, 0.2) is 40.9 Å². The van der Waals surface area contributed by atoms with Crippen molar-refractivity contribution in [2.24, 2.45) is 5.92 Å². The van der Waals surface area contributed by atoms with Crippen molar-refractivity contribution >= 4 is 50.7 Å². The highest BCUT2D eigenvalue weighted by Crippen LogP contribution is 2.31. The molecule has 1 aliphatic rings. The molecule has 1 N–H and O–H groups in total. The van der Waals surface area contributed by atoms with Gasteiger partial charge in [0, 0.05) is 43.2 Å². The minimum absolute atomic E-state index is 0.199. The van der Waals surface area contributed by atoms with Crippen LogP contribution in [0, 0.1) is 5.92 Å². The normalized spacial score (nSPS) is 13.9. The molecule has 2 aromatic rings. The fraction of sp³-hybridized carbons (Fsp3) is 0.417. The molecule has 0 radical (unpaired) electrons. The number of nitrogens with zero attached hydrogens (tertiary/aromatic N) is 2. The minimum atomic E-state index is -0.233. The van der Waals surface area contributed by atoms with Gasteiger partial charge < -0.3 is 19.9 Å². The summed E-state index contributed by atoms with van der Waals surface area (Å²) < 4.78 is 6.24. The molecule has 3 rings (SSSR count). The van der Waals surface area contributed by atoms with E-state index in [9.17, 15) is 9.59 Å². The highest BCUT2D eigenvalue weighted by atomic mass is 79.9. The zero-order chi connectivity index (χ0) is 23.3. The van der Waals surface area contributed by atoms with Gasteiger partial charge in [0.05, 0.1) is 22.5 Å². The Morgan fingerprint density at radius 2 is 1.84 bits per heavy atom. The highest BCUT2D eigenvalue weighted by Gasteiger charge is 2.24. The number of carbonyl (C=O) groups is 2. The maximum atomic E-state index is 12.9. The lowest BCUT2D eigenvalue weighted by atomic mass is 10.1. The van der Waals surface area contributed by atoms with Crippen LogP contribution in [0.2, 0.25) is 5.02 Å². The Balaban J connectivity index is 1.73. The first kappa shape index (κ1) is 24.4. The Kier molecular flexibility index (Phi) is 8.43. The maximum absolute atomic E-state index is 12.9. The summed E-state index contributed by atoms with van der Waals surface area (Å²) in [6.07, 6.45) is 0.569. The first-order valence-corrected chi connectivity index (χ1v) is 12.0. The third-order valence-corrected chi connectivity index (χ3v) is 6.11. The molecule has 8 heteroatoms. The summed E-state index contributed by atoms with van der Waals surface area (Å²) >= 11 is 9.69. The third-order valence-electron chi connectivity index (χ3n) is 5.26. The Hall–Kier alpha value is -2.25. The molecule has 1 fully saturated rings. The molecular formula is C24H29BrClN3O3. The van der Waals surface area contributed by atoms with Crippen molar-refractivity contribution < 1.29 is 14.3 Å². The second kappa shape index (κ2) is 11.1. The van der Waals surface area contributed by atoms with Gasteiger partial charge in [0.25, 0.3) is 5.91 Å². The van der Waals surface area contributed by atoms with Crippen LogP contribution < -0.4 is 15.0 Å². The van der Waals surface area contributed by atoms with Crippen LogP contribution in [0.5, 0.6) is 5.75 Å². The summed E-state index contributed by atoms with van der Waals surface area (Å²) in [5, 5.41) is 3.54. The number of ether oxygens (including phenoxy) is 1. The number of rotatable bonds is 7. The van der Waals surface area contributed by atoms with E-state index in [1.807, 2.05) is 24.0 Å². The quantitative estimate of drug-likeness (QED) is 0.525. The summed E-state index contributed by atoms with van der Waals surface area (Å²) in [7, 11) is 0. The van der Waals surface area contributed by atoms with Crippen LogP contribution in [-0.2, 0) is 4.79 Å². The summed E-state index contributed by atoms with van der Waals surface area (Å²) in [5.41, 5.74) is 2.05. The predicted molar refractivity (Wildman–Crippen MR) is 133 cm³/mol.